The number of thioether (sulfide) groups is 1. The lowest BCUT2D eigenvalue weighted by Gasteiger charge is -2.18. The largest absolute Gasteiger partial charge is 0.490 e. The van der Waals surface area contributed by atoms with Gasteiger partial charge in [-0.25, -0.2) is 0 Å². The second-order valence-corrected chi connectivity index (χ2v) is 8.14. The molecular weight excluding hydrogens is 364 g/mol. The summed E-state index contributed by atoms with van der Waals surface area (Å²) in [6, 6.07) is 11.1. The van der Waals surface area contributed by atoms with E-state index in [4.69, 9.17) is 4.74 Å². The molecule has 0 aliphatic carbocycles. The summed E-state index contributed by atoms with van der Waals surface area (Å²) in [6.07, 6.45) is 2.31. The summed E-state index contributed by atoms with van der Waals surface area (Å²) in [5.74, 6) is 0.357. The number of imide groups is 1. The van der Waals surface area contributed by atoms with Gasteiger partial charge in [-0.15, -0.1) is 0 Å². The fourth-order valence-electron chi connectivity index (χ4n) is 2.81. The Bertz CT molecular complexity index is 823. The van der Waals surface area contributed by atoms with E-state index in [0.717, 1.165) is 29.3 Å². The van der Waals surface area contributed by atoms with Crippen LogP contribution in [0.25, 0.3) is 0 Å². The summed E-state index contributed by atoms with van der Waals surface area (Å²) in [6.45, 7) is 3.91. The number of benzene rings is 1. The van der Waals surface area contributed by atoms with Crippen LogP contribution < -0.4 is 10.1 Å². The van der Waals surface area contributed by atoms with E-state index in [9.17, 15) is 14.7 Å². The molecule has 0 unspecified atom stereocenters. The van der Waals surface area contributed by atoms with Crippen LogP contribution in [0.3, 0.4) is 0 Å². The fraction of sp³-hybridized carbons (Fsp3) is 0.350. The van der Waals surface area contributed by atoms with E-state index in [-0.39, 0.29) is 17.8 Å². The van der Waals surface area contributed by atoms with Gasteiger partial charge in [0.05, 0.1) is 5.69 Å². The average molecular weight is 386 g/mol. The quantitative estimate of drug-likeness (QED) is 0.760. The smallest absolute Gasteiger partial charge is 0.286 e. The Morgan fingerprint density at radius 3 is 2.44 bits per heavy atom. The van der Waals surface area contributed by atoms with Crippen LogP contribution in [0.1, 0.15) is 36.8 Å². The Balaban J connectivity index is 1.56. The number of pyridine rings is 1. The Labute approximate surface area is 162 Å². The van der Waals surface area contributed by atoms with Gasteiger partial charge in [0.25, 0.3) is 5.24 Å². The zero-order valence-electron chi connectivity index (χ0n) is 15.3. The molecule has 2 N–H and O–H groups in total. The SMILES string of the molecule is CCc1ccc([C@@H](O)COc2ccc(C[C@]3(C)SC(=O)NC3=O)cc2)nc1. The Kier molecular flexibility index (Phi) is 5.82. The maximum Gasteiger partial charge on any atom is 0.286 e. The van der Waals surface area contributed by atoms with E-state index in [2.05, 4.69) is 17.2 Å². The minimum absolute atomic E-state index is 0.0995. The average Bonchev–Trinajstić information content (AvgIpc) is 2.92. The van der Waals surface area contributed by atoms with Crippen molar-refractivity contribution in [2.45, 2.75) is 37.5 Å². The van der Waals surface area contributed by atoms with Gasteiger partial charge >= 0.3 is 0 Å². The number of rotatable bonds is 7. The van der Waals surface area contributed by atoms with Gasteiger partial charge in [0, 0.05) is 6.20 Å². The molecule has 2 amide bonds. The van der Waals surface area contributed by atoms with Gasteiger partial charge in [0.1, 0.15) is 23.2 Å². The first kappa shape index (κ1) is 19.4. The van der Waals surface area contributed by atoms with E-state index in [1.54, 1.807) is 25.3 Å². The number of hydrogen-bond donors (Lipinski definition) is 2. The summed E-state index contributed by atoms with van der Waals surface area (Å²) in [5.41, 5.74) is 2.62. The second kappa shape index (κ2) is 8.10. The van der Waals surface area contributed by atoms with Gasteiger partial charge in [-0.1, -0.05) is 25.1 Å². The van der Waals surface area contributed by atoms with Gasteiger partial charge < -0.3 is 9.84 Å². The van der Waals surface area contributed by atoms with Crippen molar-refractivity contribution in [3.05, 3.63) is 59.4 Å². The van der Waals surface area contributed by atoms with E-state index in [0.29, 0.717) is 17.9 Å². The Morgan fingerprint density at radius 2 is 1.89 bits per heavy atom. The normalized spacial score (nSPS) is 20.4. The highest BCUT2D eigenvalue weighted by molar-refractivity contribution is 8.16. The highest BCUT2D eigenvalue weighted by Crippen LogP contribution is 2.34. The lowest BCUT2D eigenvalue weighted by Crippen LogP contribution is -2.35. The van der Waals surface area contributed by atoms with Gasteiger partial charge in [0.15, 0.2) is 0 Å². The molecule has 0 spiro atoms. The van der Waals surface area contributed by atoms with Crippen molar-refractivity contribution in [2.24, 2.45) is 0 Å². The first-order chi connectivity index (χ1) is 12.9. The monoisotopic (exact) mass is 386 g/mol. The molecule has 2 heterocycles. The summed E-state index contributed by atoms with van der Waals surface area (Å²) in [5, 5.41) is 12.2. The number of carbonyl (C=O) groups is 2. The first-order valence-corrected chi connectivity index (χ1v) is 9.60. The molecule has 1 aliphatic rings. The molecular formula is C20H22N2O4S. The molecule has 2 aromatic rings. The number of aryl methyl sites for hydroxylation is 1. The zero-order chi connectivity index (χ0) is 19.4. The van der Waals surface area contributed by atoms with Crippen molar-refractivity contribution in [2.75, 3.05) is 6.61 Å². The zero-order valence-corrected chi connectivity index (χ0v) is 16.1. The van der Waals surface area contributed by atoms with Crippen molar-refractivity contribution < 1.29 is 19.4 Å². The van der Waals surface area contributed by atoms with Gasteiger partial charge in [-0.05, 0) is 60.9 Å². The van der Waals surface area contributed by atoms with E-state index < -0.39 is 10.9 Å². The summed E-state index contributed by atoms with van der Waals surface area (Å²) in [4.78, 5) is 27.6. The summed E-state index contributed by atoms with van der Waals surface area (Å²) >= 11 is 1.02. The molecule has 1 saturated heterocycles. The van der Waals surface area contributed by atoms with Crippen molar-refractivity contribution >= 4 is 22.9 Å². The minimum atomic E-state index is -0.806. The molecule has 1 fully saturated rings. The number of ether oxygens (including phenoxy) is 1. The van der Waals surface area contributed by atoms with Crippen molar-refractivity contribution in [1.82, 2.24) is 10.3 Å². The maximum absolute atomic E-state index is 11.9. The molecule has 27 heavy (non-hydrogen) atoms. The van der Waals surface area contributed by atoms with E-state index in [1.165, 1.54) is 0 Å². The van der Waals surface area contributed by atoms with Crippen LogP contribution in [0, 0.1) is 0 Å². The molecule has 1 aromatic carbocycles. The second-order valence-electron chi connectivity index (χ2n) is 6.67. The van der Waals surface area contributed by atoms with E-state index >= 15 is 0 Å². The van der Waals surface area contributed by atoms with Crippen LogP contribution in [0.5, 0.6) is 5.75 Å². The molecule has 0 bridgehead atoms. The minimum Gasteiger partial charge on any atom is -0.490 e. The summed E-state index contributed by atoms with van der Waals surface area (Å²) in [7, 11) is 0. The standard InChI is InChI=1S/C20H22N2O4S/c1-3-13-6-9-16(21-11-13)17(23)12-26-15-7-4-14(5-8-15)10-20(2)18(24)22-19(25)27-20/h4-9,11,17,23H,3,10,12H2,1-2H3,(H,22,24,25)/t17-,20-/m0/s1. The van der Waals surface area contributed by atoms with Crippen LogP contribution in [-0.4, -0.2) is 32.6 Å². The Hall–Kier alpha value is -2.38. The third-order valence-electron chi connectivity index (χ3n) is 4.48. The number of hydrogen-bond acceptors (Lipinski definition) is 6. The molecule has 1 aromatic heterocycles. The molecule has 6 nitrogen and oxygen atoms in total. The first-order valence-electron chi connectivity index (χ1n) is 8.78. The van der Waals surface area contributed by atoms with Gasteiger partial charge in [0.2, 0.25) is 5.91 Å². The van der Waals surface area contributed by atoms with Crippen LogP contribution in [0.2, 0.25) is 0 Å². The number of nitrogens with zero attached hydrogens (tertiary/aromatic N) is 1. The molecule has 7 heteroatoms. The fourth-order valence-corrected chi connectivity index (χ4v) is 3.75. The predicted octanol–water partition coefficient (Wildman–Crippen LogP) is 3.04. The predicted molar refractivity (Wildman–Crippen MR) is 104 cm³/mol. The number of aromatic nitrogens is 1. The molecule has 1 aliphatic heterocycles. The summed E-state index contributed by atoms with van der Waals surface area (Å²) < 4.78 is 4.85. The molecule has 3 rings (SSSR count). The number of nitrogens with one attached hydrogen (secondary N) is 1. The molecule has 0 saturated carbocycles. The lowest BCUT2D eigenvalue weighted by molar-refractivity contribution is -0.121. The maximum atomic E-state index is 11.9. The van der Waals surface area contributed by atoms with Crippen molar-refractivity contribution in [3.8, 4) is 5.75 Å². The van der Waals surface area contributed by atoms with Crippen LogP contribution in [0.15, 0.2) is 42.6 Å². The topological polar surface area (TPSA) is 88.5 Å². The number of aliphatic hydroxyl groups excluding tert-OH is 1. The van der Waals surface area contributed by atoms with E-state index in [1.807, 2.05) is 24.3 Å². The van der Waals surface area contributed by atoms with Crippen LogP contribution in [-0.2, 0) is 17.6 Å². The number of amides is 2. The van der Waals surface area contributed by atoms with Crippen molar-refractivity contribution in [3.63, 3.8) is 0 Å². The third-order valence-corrected chi connectivity index (χ3v) is 5.55. The van der Waals surface area contributed by atoms with Gasteiger partial charge in [-0.2, -0.15) is 0 Å². The van der Waals surface area contributed by atoms with Crippen molar-refractivity contribution in [1.29, 1.82) is 0 Å². The third kappa shape index (κ3) is 4.67. The lowest BCUT2D eigenvalue weighted by atomic mass is 9.99. The number of aliphatic hydroxyl groups is 1. The molecule has 0 radical (unpaired) electrons. The van der Waals surface area contributed by atoms with Gasteiger partial charge in [-0.3, -0.25) is 19.9 Å². The Morgan fingerprint density at radius 1 is 1.19 bits per heavy atom. The number of carbonyl (C=O) groups excluding carboxylic acids is 2. The molecule has 142 valence electrons. The van der Waals surface area contributed by atoms with Crippen LogP contribution >= 0.6 is 11.8 Å². The highest BCUT2D eigenvalue weighted by atomic mass is 32.2. The highest BCUT2D eigenvalue weighted by Gasteiger charge is 2.43. The molecule has 2 atom stereocenters. The van der Waals surface area contributed by atoms with Crippen LogP contribution in [0.4, 0.5) is 4.79 Å².